The summed E-state index contributed by atoms with van der Waals surface area (Å²) < 4.78 is 56.3. The average molecular weight is 1590 g/mol. The molecule has 0 aromatic heterocycles. The number of hydrogen-bond donors (Lipinski definition) is 7. The van der Waals surface area contributed by atoms with Crippen LogP contribution in [0.15, 0.2) is 84.9 Å². The van der Waals surface area contributed by atoms with Gasteiger partial charge in [-0.05, 0) is 137 Å². The molecule has 4 aromatic rings. The normalized spacial score (nSPS) is 20.1. The Hall–Kier alpha value is -7.46. The van der Waals surface area contributed by atoms with E-state index in [2.05, 4.69) is 141 Å². The third-order valence-corrected chi connectivity index (χ3v) is 21.1. The van der Waals surface area contributed by atoms with Gasteiger partial charge in [0.2, 0.25) is 23.6 Å². The van der Waals surface area contributed by atoms with Crippen LogP contribution in [0.1, 0.15) is 116 Å². The van der Waals surface area contributed by atoms with Gasteiger partial charge < -0.3 is 92.9 Å². The highest BCUT2D eigenvalue weighted by Crippen LogP contribution is 2.36. The lowest BCUT2D eigenvalue weighted by molar-refractivity contribution is -0.138. The third-order valence-electron chi connectivity index (χ3n) is 21.1. The first-order chi connectivity index (χ1) is 55.3. The van der Waals surface area contributed by atoms with E-state index in [9.17, 15) is 33.9 Å². The molecule has 0 aliphatic carbocycles. The summed E-state index contributed by atoms with van der Waals surface area (Å²) in [4.78, 5) is 92.7. The van der Waals surface area contributed by atoms with Crippen molar-refractivity contribution in [2.75, 3.05) is 218 Å². The largest absolute Gasteiger partial charge is 0.481 e. The number of likely N-dealkylation sites (tertiary alicyclic amines) is 1. The third kappa shape index (κ3) is 29.9. The summed E-state index contributed by atoms with van der Waals surface area (Å²) in [7, 11) is 0. The van der Waals surface area contributed by atoms with Gasteiger partial charge in [0.05, 0.1) is 182 Å². The first-order valence-electron chi connectivity index (χ1n) is 41.5. The number of nitrogens with zero attached hydrogens (tertiary/aromatic N) is 6. The standard InChI is InChI=1S/C85H130N12O17/c1-61(2)57-76-89-77(60-81(100)101)90-82(62(3)4)86-65(8)85(104)97-28-10-12-78(97)87-74-59-68(83(102)91-76)18-24-72(74)67-16-21-70(22-17-67)93-31-35-95(36-32-93)80(99)26-38-106-40-42-108-44-46-110-48-50-112-52-54-114-56-55-113-53-51-111-49-47-109-45-43-107-41-39-105-37-25-79(98)94-33-29-92(30-34-94)69-19-14-66(15-20-69)71-23-13-64(7)58-73(71)88-84(103)75-11-9-27-96(75)63(5)6/h13-24,58-59,61-63,65,75-78,82,86-87,89-90H,9-12,25-57,60H2,1-8H3,(H,88,103)(H,91,102)(H,100,101)/t65-,75-,76-,77+,78-,82-/m0/s1. The van der Waals surface area contributed by atoms with Crippen LogP contribution >= 0.6 is 0 Å². The average Bonchev–Trinajstić information content (AvgIpc) is 1.25. The summed E-state index contributed by atoms with van der Waals surface area (Å²) in [6.45, 7) is 31.6. The maximum atomic E-state index is 14.2. The van der Waals surface area contributed by atoms with Crippen molar-refractivity contribution in [2.45, 2.75) is 150 Å². The van der Waals surface area contributed by atoms with Crippen LogP contribution in [0, 0.1) is 18.8 Å². The molecule has 4 saturated heterocycles. The van der Waals surface area contributed by atoms with E-state index >= 15 is 0 Å². The Bertz CT molecular complexity index is 3540. The summed E-state index contributed by atoms with van der Waals surface area (Å²) in [6.07, 6.45) is 2.39. The number of amides is 5. The lowest BCUT2D eigenvalue weighted by atomic mass is 9.99. The van der Waals surface area contributed by atoms with Crippen LogP contribution in [0.2, 0.25) is 0 Å². The van der Waals surface area contributed by atoms with E-state index in [0.29, 0.717) is 202 Å². The van der Waals surface area contributed by atoms with Gasteiger partial charge in [-0.3, -0.25) is 49.6 Å². The Morgan fingerprint density at radius 3 is 1.39 bits per heavy atom. The minimum atomic E-state index is -0.997. The van der Waals surface area contributed by atoms with Gasteiger partial charge in [0.25, 0.3) is 5.91 Å². The first-order valence-corrected chi connectivity index (χ1v) is 41.5. The van der Waals surface area contributed by atoms with Crippen molar-refractivity contribution in [1.82, 2.24) is 40.9 Å². The molecule has 2 bridgehead atoms. The van der Waals surface area contributed by atoms with Gasteiger partial charge in [-0.1, -0.05) is 70.2 Å². The van der Waals surface area contributed by atoms with Gasteiger partial charge >= 0.3 is 5.97 Å². The van der Waals surface area contributed by atoms with E-state index < -0.39 is 30.5 Å². The van der Waals surface area contributed by atoms with Gasteiger partial charge in [-0.25, -0.2) is 0 Å². The Kier molecular flexibility index (Phi) is 38.8. The fraction of sp³-hybridized carbons (Fsp3) is 0.647. The monoisotopic (exact) mass is 1590 g/mol. The summed E-state index contributed by atoms with van der Waals surface area (Å²) in [5.41, 5.74) is 9.10. The maximum absolute atomic E-state index is 14.2. The molecule has 0 spiro atoms. The van der Waals surface area contributed by atoms with Gasteiger partial charge in [0.1, 0.15) is 6.17 Å². The molecule has 7 N–H and O–H groups in total. The molecule has 5 heterocycles. The highest BCUT2D eigenvalue weighted by molar-refractivity contribution is 5.99. The summed E-state index contributed by atoms with van der Waals surface area (Å²) >= 11 is 0. The lowest BCUT2D eigenvalue weighted by Gasteiger charge is -2.36. The summed E-state index contributed by atoms with van der Waals surface area (Å²) in [5, 5.41) is 30.3. The Balaban J connectivity index is 0.520. The second-order valence-corrected chi connectivity index (χ2v) is 30.8. The van der Waals surface area contributed by atoms with E-state index in [1.807, 2.05) is 54.5 Å². The molecule has 9 rings (SSSR count). The number of anilines is 4. The van der Waals surface area contributed by atoms with Crippen molar-refractivity contribution < 1.29 is 81.2 Å². The molecule has 29 nitrogen and oxygen atoms in total. The van der Waals surface area contributed by atoms with Gasteiger partial charge in [0, 0.05) is 104 Å². The van der Waals surface area contributed by atoms with E-state index in [1.165, 1.54) is 0 Å². The zero-order valence-corrected chi connectivity index (χ0v) is 68.8. The van der Waals surface area contributed by atoms with Crippen molar-refractivity contribution in [2.24, 2.45) is 11.8 Å². The van der Waals surface area contributed by atoms with Crippen molar-refractivity contribution >= 4 is 58.3 Å². The number of nitrogens with one attached hydrogen (secondary N) is 6. The zero-order valence-electron chi connectivity index (χ0n) is 68.8. The molecule has 0 radical (unpaired) electrons. The number of rotatable bonds is 45. The molecule has 5 aliphatic rings. The SMILES string of the molecule is Cc1ccc(-c2ccc(N3CCN(C(=O)CCOCCOCCOCCOCCOCCOCCOCCOCCOCCOCCC(=O)N4CCN(c5ccc(-c6ccc7cc6N[C@@H]6CCCN6C(=O)[C@H](C)N[C@H](C(C)C)N[C@H](CC(=O)O)N[C@H](CC(C)C)NC7=O)cc5)CC4)CC3)cc2)c(NC(=O)[C@@H]2CCCN2C(C)C)c1. The van der Waals surface area contributed by atoms with Crippen LogP contribution in [0.5, 0.6) is 0 Å². The van der Waals surface area contributed by atoms with E-state index in [-0.39, 0.29) is 66.4 Å². The highest BCUT2D eigenvalue weighted by atomic mass is 16.6. The Labute approximate surface area is 675 Å². The topological polar surface area (TPSA) is 307 Å². The van der Waals surface area contributed by atoms with Crippen LogP contribution in [0.25, 0.3) is 22.3 Å². The molecule has 4 aromatic carbocycles. The minimum Gasteiger partial charge on any atom is -0.481 e. The molecule has 29 heteroatoms. The number of carboxylic acids is 1. The van der Waals surface area contributed by atoms with Crippen LogP contribution in [0.3, 0.4) is 0 Å². The number of hydrogen-bond acceptors (Lipinski definition) is 23. The van der Waals surface area contributed by atoms with Crippen molar-refractivity contribution in [1.29, 1.82) is 0 Å². The molecular formula is C85H130N12O17. The van der Waals surface area contributed by atoms with Crippen LogP contribution < -0.4 is 41.7 Å². The Morgan fingerprint density at radius 1 is 0.491 bits per heavy atom. The predicted octanol–water partition coefficient (Wildman–Crippen LogP) is 7.50. The predicted molar refractivity (Wildman–Crippen MR) is 440 cm³/mol. The molecular weight excluding hydrogens is 1460 g/mol. The summed E-state index contributed by atoms with van der Waals surface area (Å²) in [5.74, 6) is -0.980. The van der Waals surface area contributed by atoms with Crippen molar-refractivity contribution in [3.63, 3.8) is 0 Å². The minimum absolute atomic E-state index is 0.000476. The quantitative estimate of drug-likeness (QED) is 0.0211. The number of fused-ring (bicyclic) bond motifs is 3. The van der Waals surface area contributed by atoms with Crippen LogP contribution in [0.4, 0.5) is 22.7 Å². The molecule has 4 fully saturated rings. The smallest absolute Gasteiger partial charge is 0.306 e. The van der Waals surface area contributed by atoms with Gasteiger partial charge in [-0.2, -0.15) is 0 Å². The summed E-state index contributed by atoms with van der Waals surface area (Å²) in [6, 6.07) is 28.3. The highest BCUT2D eigenvalue weighted by Gasteiger charge is 2.36. The fourth-order valence-corrected chi connectivity index (χ4v) is 14.9. The maximum Gasteiger partial charge on any atom is 0.306 e. The van der Waals surface area contributed by atoms with Crippen molar-refractivity contribution in [3.05, 3.63) is 96.1 Å². The second kappa shape index (κ2) is 48.9. The molecule has 632 valence electrons. The van der Waals surface area contributed by atoms with Crippen LogP contribution in [-0.4, -0.2) is 301 Å². The zero-order chi connectivity index (χ0) is 81.0. The second-order valence-electron chi connectivity index (χ2n) is 30.8. The molecule has 0 saturated carbocycles. The number of carboxylic acid groups (broad SMARTS) is 1. The van der Waals surface area contributed by atoms with Crippen molar-refractivity contribution in [3.8, 4) is 22.3 Å². The molecule has 5 aliphatic heterocycles. The number of ether oxygens (including phenoxy) is 10. The molecule has 114 heavy (non-hydrogen) atoms. The number of benzene rings is 4. The van der Waals surface area contributed by atoms with E-state index in [4.69, 9.17) is 47.4 Å². The number of carbonyl (C=O) groups is 6. The molecule has 5 amide bonds. The van der Waals surface area contributed by atoms with E-state index in [1.54, 1.807) is 6.07 Å². The number of piperazine rings is 2. The van der Waals surface area contributed by atoms with E-state index in [0.717, 1.165) is 95.9 Å². The van der Waals surface area contributed by atoms with Gasteiger partial charge in [-0.15, -0.1) is 0 Å². The number of carbonyl (C=O) groups excluding carboxylic acids is 5. The number of aliphatic carboxylic acids is 1. The number of aryl methyl sites for hydroxylation is 1. The molecule has 0 unspecified atom stereocenters. The Morgan fingerprint density at radius 2 is 0.939 bits per heavy atom. The molecule has 6 atom stereocenters. The van der Waals surface area contributed by atoms with Crippen LogP contribution in [-0.2, 0) is 71.3 Å². The van der Waals surface area contributed by atoms with Gasteiger partial charge in [0.15, 0.2) is 0 Å². The lowest BCUT2D eigenvalue weighted by Crippen LogP contribution is -2.63. The fourth-order valence-electron chi connectivity index (χ4n) is 14.9. The first kappa shape index (κ1) is 90.5.